The van der Waals surface area contributed by atoms with Crippen molar-refractivity contribution >= 4 is 63.3 Å². The Hall–Kier alpha value is -2.04. The summed E-state index contributed by atoms with van der Waals surface area (Å²) in [7, 11) is -8.56. The van der Waals surface area contributed by atoms with Crippen LogP contribution >= 0.6 is 0 Å². The minimum atomic E-state index is -4.28. The first-order valence-electron chi connectivity index (χ1n) is 8.88. The minimum absolute atomic E-state index is 0. The minimum Gasteiger partial charge on any atom is -1.00 e. The zero-order valence-electron chi connectivity index (χ0n) is 17.3. The second-order valence-corrected chi connectivity index (χ2v) is 10.1. The van der Waals surface area contributed by atoms with Crippen LogP contribution < -0.4 is 29.6 Å². The molecule has 0 amide bonds. The van der Waals surface area contributed by atoms with E-state index in [4.69, 9.17) is 0 Å². The first-order chi connectivity index (χ1) is 14.1. The van der Waals surface area contributed by atoms with E-state index < -0.39 is 20.2 Å². The van der Waals surface area contributed by atoms with Crippen molar-refractivity contribution in [1.82, 2.24) is 0 Å². The number of hydrogen-bond acceptors (Lipinski definition) is 4. The van der Waals surface area contributed by atoms with Crippen LogP contribution in [0, 0.1) is 0 Å². The van der Waals surface area contributed by atoms with Gasteiger partial charge in [0.1, 0.15) is 0 Å². The van der Waals surface area contributed by atoms with Crippen LogP contribution in [0.25, 0.3) is 43.1 Å². The summed E-state index contributed by atoms with van der Waals surface area (Å²) in [6, 6.07) is 20.4. The molecule has 0 aliphatic heterocycles. The molecule has 9 heteroatoms. The van der Waals surface area contributed by atoms with Crippen LogP contribution in [0.4, 0.5) is 0 Å². The molecule has 0 aromatic heterocycles. The predicted molar refractivity (Wildman–Crippen MR) is 117 cm³/mol. The second-order valence-electron chi connectivity index (χ2n) is 7.22. The molecule has 5 aromatic carbocycles. The molecule has 0 aliphatic carbocycles. The molecule has 0 saturated carbocycles. The van der Waals surface area contributed by atoms with Crippen LogP contribution in [0.5, 0.6) is 0 Å². The molecule has 5 aromatic rings. The van der Waals surface area contributed by atoms with Gasteiger partial charge in [0.25, 0.3) is 20.2 Å². The largest absolute Gasteiger partial charge is 1.00 e. The van der Waals surface area contributed by atoms with Gasteiger partial charge in [0.2, 0.25) is 0 Å². The molecule has 152 valence electrons. The number of fused-ring (bicyclic) bond motifs is 4. The molecule has 0 spiro atoms. The van der Waals surface area contributed by atoms with Gasteiger partial charge in [-0.25, -0.2) is 0 Å². The van der Waals surface area contributed by atoms with Gasteiger partial charge >= 0.3 is 29.6 Å². The second kappa shape index (κ2) is 7.53. The summed E-state index contributed by atoms with van der Waals surface area (Å²) in [6.45, 7) is 0. The standard InChI is InChI=1S/C22H14O6S2.Na.H/c23-29(24,25)21-3-1-13-5-15-7-18-10-20-12-22(30(26,27)28)4-2-14(20)6-16(18)8-17(15)9-19(13)11-21;;/h1-12H,(H,23,24,25)(H,26,27,28);;/q;+1;-1. The van der Waals surface area contributed by atoms with E-state index in [0.717, 1.165) is 32.3 Å². The fourth-order valence-electron chi connectivity index (χ4n) is 3.78. The molecule has 0 heterocycles. The first kappa shape index (κ1) is 22.2. The van der Waals surface area contributed by atoms with Crippen molar-refractivity contribution in [3.05, 3.63) is 72.8 Å². The Balaban J connectivity index is 0.00000144. The molecule has 0 radical (unpaired) electrons. The molecular formula is C22H15NaO6S2. The van der Waals surface area contributed by atoms with Gasteiger partial charge in [-0.15, -0.1) is 0 Å². The summed E-state index contributed by atoms with van der Waals surface area (Å²) in [5.41, 5.74) is 0. The van der Waals surface area contributed by atoms with Crippen LogP contribution in [-0.4, -0.2) is 25.9 Å². The molecule has 2 N–H and O–H groups in total. The fourth-order valence-corrected chi connectivity index (χ4v) is 4.81. The van der Waals surface area contributed by atoms with E-state index >= 15 is 0 Å². The molecule has 0 fully saturated rings. The van der Waals surface area contributed by atoms with Crippen molar-refractivity contribution in [2.24, 2.45) is 0 Å². The third-order valence-electron chi connectivity index (χ3n) is 5.24. The van der Waals surface area contributed by atoms with E-state index in [-0.39, 0.29) is 40.8 Å². The van der Waals surface area contributed by atoms with E-state index in [1.807, 2.05) is 36.4 Å². The summed E-state index contributed by atoms with van der Waals surface area (Å²) in [5, 5.41) is 6.69. The van der Waals surface area contributed by atoms with Crippen molar-refractivity contribution in [2.75, 3.05) is 0 Å². The molecule has 0 atom stereocenters. The molecule has 31 heavy (non-hydrogen) atoms. The average molecular weight is 462 g/mol. The quantitative estimate of drug-likeness (QED) is 0.236. The van der Waals surface area contributed by atoms with Crippen molar-refractivity contribution in [2.45, 2.75) is 9.79 Å². The molecule has 0 aliphatic rings. The summed E-state index contributed by atoms with van der Waals surface area (Å²) >= 11 is 0. The van der Waals surface area contributed by atoms with Crippen LogP contribution in [0.3, 0.4) is 0 Å². The van der Waals surface area contributed by atoms with Gasteiger partial charge in [-0.2, -0.15) is 16.8 Å². The number of hydrogen-bond donors (Lipinski definition) is 2. The summed E-state index contributed by atoms with van der Waals surface area (Å²) < 4.78 is 64.3. The predicted octanol–water partition coefficient (Wildman–Crippen LogP) is 1.91. The first-order valence-corrected chi connectivity index (χ1v) is 11.8. The Morgan fingerprint density at radius 3 is 1.00 bits per heavy atom. The van der Waals surface area contributed by atoms with Gasteiger partial charge in [0.05, 0.1) is 9.79 Å². The maximum absolute atomic E-state index is 11.4. The number of rotatable bonds is 2. The molecule has 0 unspecified atom stereocenters. The summed E-state index contributed by atoms with van der Waals surface area (Å²) in [5.74, 6) is 0. The third-order valence-corrected chi connectivity index (χ3v) is 6.94. The van der Waals surface area contributed by atoms with Gasteiger partial charge in [-0.1, -0.05) is 12.1 Å². The van der Waals surface area contributed by atoms with Crippen LogP contribution in [0.2, 0.25) is 0 Å². The maximum Gasteiger partial charge on any atom is 1.00 e. The molecule has 0 bridgehead atoms. The van der Waals surface area contributed by atoms with E-state index in [0.29, 0.717) is 10.8 Å². The van der Waals surface area contributed by atoms with Gasteiger partial charge in [0, 0.05) is 0 Å². The van der Waals surface area contributed by atoms with Gasteiger partial charge in [0.15, 0.2) is 0 Å². The van der Waals surface area contributed by atoms with Crippen LogP contribution in [0.15, 0.2) is 82.6 Å². The Morgan fingerprint density at radius 2 is 0.710 bits per heavy atom. The van der Waals surface area contributed by atoms with Gasteiger partial charge < -0.3 is 1.43 Å². The van der Waals surface area contributed by atoms with Crippen molar-refractivity contribution < 1.29 is 56.9 Å². The summed E-state index contributed by atoms with van der Waals surface area (Å²) in [4.78, 5) is -0.313. The average Bonchev–Trinajstić information content (AvgIpc) is 2.66. The Morgan fingerprint density at radius 1 is 0.452 bits per heavy atom. The van der Waals surface area contributed by atoms with Crippen LogP contribution in [-0.2, 0) is 20.2 Å². The van der Waals surface area contributed by atoms with E-state index in [1.165, 1.54) is 24.3 Å². The van der Waals surface area contributed by atoms with Crippen molar-refractivity contribution in [1.29, 1.82) is 0 Å². The molecular weight excluding hydrogens is 447 g/mol. The molecule has 0 saturated heterocycles. The van der Waals surface area contributed by atoms with Crippen molar-refractivity contribution in [3.63, 3.8) is 0 Å². The monoisotopic (exact) mass is 462 g/mol. The Labute approximate surface area is 201 Å². The van der Waals surface area contributed by atoms with Gasteiger partial charge in [-0.3, -0.25) is 9.11 Å². The Bertz CT molecular complexity index is 1620. The van der Waals surface area contributed by atoms with Crippen molar-refractivity contribution in [3.8, 4) is 0 Å². The van der Waals surface area contributed by atoms with E-state index in [9.17, 15) is 25.9 Å². The zero-order chi connectivity index (χ0) is 21.3. The van der Waals surface area contributed by atoms with E-state index in [2.05, 4.69) is 0 Å². The summed E-state index contributed by atoms with van der Waals surface area (Å²) in [6.07, 6.45) is 0. The smallest absolute Gasteiger partial charge is 1.00 e. The van der Waals surface area contributed by atoms with Gasteiger partial charge in [-0.05, 0) is 104 Å². The number of benzene rings is 5. The maximum atomic E-state index is 11.4. The molecule has 5 rings (SSSR count). The zero-order valence-corrected chi connectivity index (χ0v) is 19.9. The SMILES string of the molecule is O=S(=O)(O)c1ccc2cc3cc4cc5cc(S(=O)(=O)O)ccc5cc4cc3cc2c1.[H-].[Na+]. The molecule has 6 nitrogen and oxygen atoms in total. The third kappa shape index (κ3) is 4.08. The fraction of sp³-hybridized carbons (Fsp3) is 0. The van der Waals surface area contributed by atoms with E-state index in [1.54, 1.807) is 12.1 Å². The topological polar surface area (TPSA) is 109 Å². The normalized spacial score (nSPS) is 12.5. The Kier molecular flexibility index (Phi) is 5.38. The van der Waals surface area contributed by atoms with Crippen LogP contribution in [0.1, 0.15) is 1.43 Å².